The Hall–Kier alpha value is -2.36. The van der Waals surface area contributed by atoms with Gasteiger partial charge < -0.3 is 9.47 Å². The first-order valence-electron chi connectivity index (χ1n) is 14.6. The van der Waals surface area contributed by atoms with Crippen LogP contribution in [0.5, 0.6) is 0 Å². The molecule has 0 spiro atoms. The van der Waals surface area contributed by atoms with E-state index < -0.39 is 0 Å². The molecule has 37 heavy (non-hydrogen) atoms. The SMILES string of the molecule is C=CC(=O)OCCCCCCCCCCCCCCCCCC.C=Cc1ccccc1.CCOC(C)=O. The molecule has 0 saturated carbocycles. The van der Waals surface area contributed by atoms with E-state index >= 15 is 0 Å². The molecule has 4 heteroatoms. The van der Waals surface area contributed by atoms with Gasteiger partial charge in [-0.25, -0.2) is 4.79 Å². The van der Waals surface area contributed by atoms with Gasteiger partial charge in [-0.15, -0.1) is 0 Å². The van der Waals surface area contributed by atoms with Gasteiger partial charge in [0.1, 0.15) is 0 Å². The van der Waals surface area contributed by atoms with Crippen LogP contribution in [0.2, 0.25) is 0 Å². The molecule has 0 amide bonds. The minimum atomic E-state index is -0.300. The van der Waals surface area contributed by atoms with Crippen LogP contribution in [0.1, 0.15) is 129 Å². The summed E-state index contributed by atoms with van der Waals surface area (Å²) in [4.78, 5) is 20.7. The quantitative estimate of drug-likeness (QED) is 0.0983. The molecule has 0 bridgehead atoms. The van der Waals surface area contributed by atoms with E-state index in [-0.39, 0.29) is 11.9 Å². The molecule has 1 aromatic rings. The molecule has 0 N–H and O–H groups in total. The lowest BCUT2D eigenvalue weighted by molar-refractivity contribution is -0.140. The Morgan fingerprint density at radius 2 is 1.11 bits per heavy atom. The first-order chi connectivity index (χ1) is 18.0. The van der Waals surface area contributed by atoms with Crippen molar-refractivity contribution in [2.24, 2.45) is 0 Å². The van der Waals surface area contributed by atoms with Crippen LogP contribution in [-0.4, -0.2) is 25.2 Å². The number of esters is 2. The van der Waals surface area contributed by atoms with Crippen LogP contribution in [0.3, 0.4) is 0 Å². The van der Waals surface area contributed by atoms with Crippen molar-refractivity contribution in [2.45, 2.75) is 124 Å². The Balaban J connectivity index is 0. The molecular weight excluding hydrogens is 460 g/mol. The van der Waals surface area contributed by atoms with Crippen LogP contribution < -0.4 is 0 Å². The van der Waals surface area contributed by atoms with Crippen LogP contribution >= 0.6 is 0 Å². The fourth-order valence-electron chi connectivity index (χ4n) is 3.67. The Labute approximate surface area is 228 Å². The van der Waals surface area contributed by atoms with Crippen molar-refractivity contribution in [2.75, 3.05) is 13.2 Å². The van der Waals surface area contributed by atoms with Gasteiger partial charge in [0.05, 0.1) is 13.2 Å². The maximum atomic E-state index is 10.8. The molecule has 0 aliphatic rings. The zero-order valence-corrected chi connectivity index (χ0v) is 24.3. The lowest BCUT2D eigenvalue weighted by Gasteiger charge is -2.04. The minimum Gasteiger partial charge on any atom is -0.466 e. The van der Waals surface area contributed by atoms with Crippen LogP contribution in [0.15, 0.2) is 49.6 Å². The average Bonchev–Trinajstić information content (AvgIpc) is 2.91. The van der Waals surface area contributed by atoms with Gasteiger partial charge in [0.2, 0.25) is 0 Å². The smallest absolute Gasteiger partial charge is 0.330 e. The maximum Gasteiger partial charge on any atom is 0.330 e. The van der Waals surface area contributed by atoms with Gasteiger partial charge in [0.25, 0.3) is 0 Å². The normalized spacial score (nSPS) is 9.70. The minimum absolute atomic E-state index is 0.211. The predicted octanol–water partition coefficient (Wildman–Crippen LogP) is 9.88. The van der Waals surface area contributed by atoms with E-state index in [2.05, 4.69) is 24.8 Å². The third-order valence-electron chi connectivity index (χ3n) is 5.79. The number of carbonyl (C=O) groups excluding carboxylic acids is 2. The van der Waals surface area contributed by atoms with Crippen molar-refractivity contribution in [3.63, 3.8) is 0 Å². The van der Waals surface area contributed by atoms with E-state index in [0.717, 1.165) is 6.42 Å². The molecule has 212 valence electrons. The molecule has 1 rings (SSSR count). The first kappa shape index (κ1) is 36.8. The summed E-state index contributed by atoms with van der Waals surface area (Å²) in [6.45, 7) is 13.5. The van der Waals surface area contributed by atoms with E-state index in [4.69, 9.17) is 4.74 Å². The van der Waals surface area contributed by atoms with Crippen molar-refractivity contribution in [1.82, 2.24) is 0 Å². The highest BCUT2D eigenvalue weighted by atomic mass is 16.5. The number of hydrogen-bond acceptors (Lipinski definition) is 4. The highest BCUT2D eigenvalue weighted by Gasteiger charge is 1.96. The van der Waals surface area contributed by atoms with E-state index in [9.17, 15) is 9.59 Å². The molecule has 0 heterocycles. The molecule has 0 aliphatic heterocycles. The lowest BCUT2D eigenvalue weighted by Crippen LogP contribution is -2.01. The third-order valence-corrected chi connectivity index (χ3v) is 5.79. The largest absolute Gasteiger partial charge is 0.466 e. The monoisotopic (exact) mass is 516 g/mol. The summed E-state index contributed by atoms with van der Waals surface area (Å²) < 4.78 is 9.36. The average molecular weight is 517 g/mol. The summed E-state index contributed by atoms with van der Waals surface area (Å²) in [7, 11) is 0. The Bertz CT molecular complexity index is 639. The van der Waals surface area contributed by atoms with Gasteiger partial charge in [-0.1, -0.05) is 153 Å². The Kier molecular flexibility index (Phi) is 31.5. The van der Waals surface area contributed by atoms with Gasteiger partial charge in [0.15, 0.2) is 0 Å². The van der Waals surface area contributed by atoms with E-state index in [0.29, 0.717) is 13.2 Å². The number of benzene rings is 1. The molecule has 4 nitrogen and oxygen atoms in total. The van der Waals surface area contributed by atoms with Crippen molar-refractivity contribution in [1.29, 1.82) is 0 Å². The topological polar surface area (TPSA) is 52.6 Å². The zero-order valence-electron chi connectivity index (χ0n) is 24.3. The summed E-state index contributed by atoms with van der Waals surface area (Å²) in [5, 5.41) is 0. The fraction of sp³-hybridized carbons (Fsp3) is 0.636. The van der Waals surface area contributed by atoms with Crippen LogP contribution in [-0.2, 0) is 19.1 Å². The van der Waals surface area contributed by atoms with Crippen molar-refractivity contribution in [3.8, 4) is 0 Å². The summed E-state index contributed by atoms with van der Waals surface area (Å²) >= 11 is 0. The molecule has 0 fully saturated rings. The standard InChI is InChI=1S/C21H40O2.C8H8.C4H8O2/c1-3-5-6-7-8-9-10-11-12-13-14-15-16-17-18-19-20-23-21(22)4-2;1-2-8-6-4-3-5-7-8;1-3-6-4(2)5/h4H,2-3,5-20H2,1H3;2-7H,1H2;3H2,1-2H3. The second kappa shape index (κ2) is 31.7. The number of ether oxygens (including phenoxy) is 2. The number of hydrogen-bond donors (Lipinski definition) is 0. The van der Waals surface area contributed by atoms with Crippen LogP contribution in [0.4, 0.5) is 0 Å². The van der Waals surface area contributed by atoms with Crippen molar-refractivity contribution in [3.05, 3.63) is 55.1 Å². The molecule has 0 radical (unpaired) electrons. The second-order valence-corrected chi connectivity index (χ2v) is 9.21. The van der Waals surface area contributed by atoms with Gasteiger partial charge in [0, 0.05) is 13.0 Å². The zero-order chi connectivity index (χ0) is 27.8. The van der Waals surface area contributed by atoms with Crippen molar-refractivity contribution >= 4 is 18.0 Å². The number of carbonyl (C=O) groups is 2. The molecule has 0 atom stereocenters. The Morgan fingerprint density at radius 1 is 0.676 bits per heavy atom. The maximum absolute atomic E-state index is 10.8. The number of unbranched alkanes of at least 4 members (excludes halogenated alkanes) is 15. The Morgan fingerprint density at radius 3 is 1.41 bits per heavy atom. The highest BCUT2D eigenvalue weighted by molar-refractivity contribution is 5.81. The van der Waals surface area contributed by atoms with E-state index in [1.165, 1.54) is 115 Å². The molecule has 0 saturated heterocycles. The van der Waals surface area contributed by atoms with E-state index in [1.54, 1.807) is 6.92 Å². The molecule has 0 unspecified atom stereocenters. The van der Waals surface area contributed by atoms with Crippen molar-refractivity contribution < 1.29 is 19.1 Å². The van der Waals surface area contributed by atoms with Gasteiger partial charge >= 0.3 is 11.9 Å². The summed E-state index contributed by atoms with van der Waals surface area (Å²) in [6.07, 6.45) is 24.8. The molecule has 1 aromatic carbocycles. The summed E-state index contributed by atoms with van der Waals surface area (Å²) in [5.74, 6) is -0.511. The van der Waals surface area contributed by atoms with Gasteiger partial charge in [-0.2, -0.15) is 0 Å². The van der Waals surface area contributed by atoms with Gasteiger partial charge in [-0.05, 0) is 18.9 Å². The molecule has 0 aliphatic carbocycles. The van der Waals surface area contributed by atoms with Crippen LogP contribution in [0, 0.1) is 0 Å². The number of rotatable bonds is 20. The van der Waals surface area contributed by atoms with Crippen LogP contribution in [0.25, 0.3) is 6.08 Å². The highest BCUT2D eigenvalue weighted by Crippen LogP contribution is 2.13. The lowest BCUT2D eigenvalue weighted by atomic mass is 10.0. The van der Waals surface area contributed by atoms with Gasteiger partial charge in [-0.3, -0.25) is 4.79 Å². The predicted molar refractivity (Wildman–Crippen MR) is 160 cm³/mol. The fourth-order valence-corrected chi connectivity index (χ4v) is 3.67. The van der Waals surface area contributed by atoms with E-state index in [1.807, 2.05) is 36.4 Å². The third kappa shape index (κ3) is 33.6. The molecule has 0 aromatic heterocycles. The molecular formula is C33H56O4. The second-order valence-electron chi connectivity index (χ2n) is 9.21. The summed E-state index contributed by atoms with van der Waals surface area (Å²) in [6, 6.07) is 10.0. The first-order valence-corrected chi connectivity index (χ1v) is 14.6. The summed E-state index contributed by atoms with van der Waals surface area (Å²) in [5.41, 5.74) is 1.17.